The van der Waals surface area contributed by atoms with Crippen molar-refractivity contribution < 1.29 is 0 Å². The van der Waals surface area contributed by atoms with E-state index >= 15 is 0 Å². The molecule has 0 saturated carbocycles. The number of halogens is 1. The number of fused-ring (bicyclic) bond motifs is 1. The minimum Gasteiger partial charge on any atom is -0.382 e. The largest absolute Gasteiger partial charge is 0.382 e. The molecule has 2 N–H and O–H groups in total. The topological polar surface area (TPSA) is 38.9 Å². The molecule has 0 aliphatic carbocycles. The zero-order valence-corrected chi connectivity index (χ0v) is 9.55. The number of rotatable bonds is 1. The van der Waals surface area contributed by atoms with Crippen LogP contribution in [0.2, 0.25) is 5.02 Å². The van der Waals surface area contributed by atoms with Gasteiger partial charge in [0.05, 0.1) is 10.5 Å². The molecule has 78 valence electrons. The van der Waals surface area contributed by atoms with Crippen molar-refractivity contribution in [2.75, 3.05) is 5.73 Å². The van der Waals surface area contributed by atoms with Gasteiger partial charge < -0.3 is 5.73 Å². The summed E-state index contributed by atoms with van der Waals surface area (Å²) < 4.78 is 0. The molecule has 0 amide bonds. The third kappa shape index (κ3) is 1.90. The molecule has 0 aliphatic rings. The van der Waals surface area contributed by atoms with E-state index in [9.17, 15) is 0 Å². The molecule has 0 unspecified atom stereocenters. The summed E-state index contributed by atoms with van der Waals surface area (Å²) in [7, 11) is 0. The molecule has 2 rings (SSSR count). The molecule has 0 fully saturated rings. The highest BCUT2D eigenvalue weighted by Gasteiger charge is 2.04. The average molecular weight is 221 g/mol. The van der Waals surface area contributed by atoms with E-state index in [0.29, 0.717) is 16.8 Å². The lowest BCUT2D eigenvalue weighted by Gasteiger charge is -2.07. The van der Waals surface area contributed by atoms with Crippen LogP contribution < -0.4 is 5.73 Å². The first-order chi connectivity index (χ1) is 7.08. The Kier molecular flexibility index (Phi) is 2.53. The van der Waals surface area contributed by atoms with Gasteiger partial charge in [-0.05, 0) is 23.6 Å². The molecule has 0 spiro atoms. The number of pyridine rings is 1. The Hall–Kier alpha value is -1.28. The highest BCUT2D eigenvalue weighted by Crippen LogP contribution is 2.25. The van der Waals surface area contributed by atoms with Crippen LogP contribution in [0, 0.1) is 0 Å². The smallest absolute Gasteiger partial charge is 0.142 e. The molecular formula is C12H13ClN2. The maximum atomic E-state index is 5.90. The molecular weight excluding hydrogens is 208 g/mol. The van der Waals surface area contributed by atoms with E-state index in [0.717, 1.165) is 10.9 Å². The third-order valence-electron chi connectivity index (χ3n) is 2.49. The Bertz CT molecular complexity index is 506. The van der Waals surface area contributed by atoms with Gasteiger partial charge in [0.25, 0.3) is 0 Å². The molecule has 0 radical (unpaired) electrons. The second kappa shape index (κ2) is 3.70. The van der Waals surface area contributed by atoms with E-state index in [1.54, 1.807) is 0 Å². The van der Waals surface area contributed by atoms with Crippen LogP contribution in [-0.4, -0.2) is 4.98 Å². The average Bonchev–Trinajstić information content (AvgIpc) is 2.19. The normalized spacial score (nSPS) is 11.2. The Morgan fingerprint density at radius 2 is 2.00 bits per heavy atom. The number of nitrogens with two attached hydrogens (primary N) is 1. The van der Waals surface area contributed by atoms with E-state index in [4.69, 9.17) is 17.3 Å². The van der Waals surface area contributed by atoms with Gasteiger partial charge in [-0.1, -0.05) is 37.6 Å². The van der Waals surface area contributed by atoms with Gasteiger partial charge in [-0.3, -0.25) is 0 Å². The first-order valence-electron chi connectivity index (χ1n) is 4.93. The van der Waals surface area contributed by atoms with E-state index < -0.39 is 0 Å². The van der Waals surface area contributed by atoms with E-state index in [1.165, 1.54) is 5.56 Å². The summed E-state index contributed by atoms with van der Waals surface area (Å²) in [5.74, 6) is 0.887. The summed E-state index contributed by atoms with van der Waals surface area (Å²) >= 11 is 5.90. The summed E-state index contributed by atoms with van der Waals surface area (Å²) in [5, 5.41) is 1.54. The lowest BCUT2D eigenvalue weighted by molar-refractivity contribution is 0.868. The molecule has 0 atom stereocenters. The summed E-state index contributed by atoms with van der Waals surface area (Å²) in [5.41, 5.74) is 7.84. The van der Waals surface area contributed by atoms with Crippen molar-refractivity contribution in [3.8, 4) is 0 Å². The van der Waals surface area contributed by atoms with Crippen molar-refractivity contribution in [1.82, 2.24) is 4.98 Å². The standard InChI is InChI=1S/C12H13ClN2/c1-7(2)8-3-4-9-5-10(13)12(14)15-11(9)6-8/h3-7H,1-2H3,(H2,14,15). The van der Waals surface area contributed by atoms with Gasteiger partial charge in [0.1, 0.15) is 5.82 Å². The molecule has 2 nitrogen and oxygen atoms in total. The Labute approximate surface area is 94.1 Å². The summed E-state index contributed by atoms with van der Waals surface area (Å²) in [4.78, 5) is 4.26. The molecule has 0 bridgehead atoms. The van der Waals surface area contributed by atoms with Gasteiger partial charge in [-0.2, -0.15) is 0 Å². The maximum absolute atomic E-state index is 5.90. The summed E-state index contributed by atoms with van der Waals surface area (Å²) in [6.07, 6.45) is 0. The zero-order chi connectivity index (χ0) is 11.0. The predicted octanol–water partition coefficient (Wildman–Crippen LogP) is 3.59. The summed E-state index contributed by atoms with van der Waals surface area (Å²) in [6.45, 7) is 4.31. The molecule has 1 heterocycles. The fraction of sp³-hybridized carbons (Fsp3) is 0.250. The van der Waals surface area contributed by atoms with Gasteiger partial charge in [0, 0.05) is 5.39 Å². The SMILES string of the molecule is CC(C)c1ccc2cc(Cl)c(N)nc2c1. The molecule has 15 heavy (non-hydrogen) atoms. The number of nitrogens with zero attached hydrogens (tertiary/aromatic N) is 1. The van der Waals surface area contributed by atoms with Crippen LogP contribution in [0.1, 0.15) is 25.3 Å². The highest BCUT2D eigenvalue weighted by atomic mass is 35.5. The number of nitrogen functional groups attached to an aromatic ring is 1. The van der Waals surface area contributed by atoms with Gasteiger partial charge in [-0.15, -0.1) is 0 Å². The Balaban J connectivity index is 2.66. The molecule has 0 aliphatic heterocycles. The summed E-state index contributed by atoms with van der Waals surface area (Å²) in [6, 6.07) is 8.04. The first-order valence-corrected chi connectivity index (χ1v) is 5.31. The van der Waals surface area contributed by atoms with E-state index in [-0.39, 0.29) is 0 Å². The minimum atomic E-state index is 0.394. The number of hydrogen-bond acceptors (Lipinski definition) is 2. The second-order valence-corrected chi connectivity index (χ2v) is 4.37. The van der Waals surface area contributed by atoms with Crippen LogP contribution in [0.25, 0.3) is 10.9 Å². The van der Waals surface area contributed by atoms with Crippen LogP contribution in [0.3, 0.4) is 0 Å². The van der Waals surface area contributed by atoms with Crippen molar-refractivity contribution in [1.29, 1.82) is 0 Å². The highest BCUT2D eigenvalue weighted by molar-refractivity contribution is 6.33. The Morgan fingerprint density at radius 3 is 2.67 bits per heavy atom. The number of anilines is 1. The Morgan fingerprint density at radius 1 is 1.27 bits per heavy atom. The van der Waals surface area contributed by atoms with Crippen LogP contribution in [-0.2, 0) is 0 Å². The van der Waals surface area contributed by atoms with Crippen LogP contribution in [0.5, 0.6) is 0 Å². The zero-order valence-electron chi connectivity index (χ0n) is 8.79. The molecule has 0 saturated heterocycles. The molecule has 1 aromatic carbocycles. The number of hydrogen-bond donors (Lipinski definition) is 1. The van der Waals surface area contributed by atoms with Crippen LogP contribution in [0.4, 0.5) is 5.82 Å². The van der Waals surface area contributed by atoms with Crippen molar-refractivity contribution in [3.05, 3.63) is 34.9 Å². The molecule has 2 aromatic rings. The van der Waals surface area contributed by atoms with Crippen LogP contribution >= 0.6 is 11.6 Å². The third-order valence-corrected chi connectivity index (χ3v) is 2.79. The quantitative estimate of drug-likeness (QED) is 0.798. The number of aromatic nitrogens is 1. The van der Waals surface area contributed by atoms with Crippen molar-refractivity contribution in [3.63, 3.8) is 0 Å². The number of benzene rings is 1. The molecule has 3 heteroatoms. The monoisotopic (exact) mass is 220 g/mol. The van der Waals surface area contributed by atoms with Crippen LogP contribution in [0.15, 0.2) is 24.3 Å². The fourth-order valence-corrected chi connectivity index (χ4v) is 1.69. The minimum absolute atomic E-state index is 0.394. The maximum Gasteiger partial charge on any atom is 0.142 e. The first kappa shape index (κ1) is 10.2. The van der Waals surface area contributed by atoms with E-state index in [1.807, 2.05) is 12.1 Å². The lowest BCUT2D eigenvalue weighted by atomic mass is 10.0. The lowest BCUT2D eigenvalue weighted by Crippen LogP contribution is -1.93. The fourth-order valence-electron chi connectivity index (χ4n) is 1.53. The second-order valence-electron chi connectivity index (χ2n) is 3.96. The van der Waals surface area contributed by atoms with Crippen molar-refractivity contribution in [2.24, 2.45) is 0 Å². The van der Waals surface area contributed by atoms with Gasteiger partial charge in [-0.25, -0.2) is 4.98 Å². The van der Waals surface area contributed by atoms with Gasteiger partial charge >= 0.3 is 0 Å². The van der Waals surface area contributed by atoms with E-state index in [2.05, 4.69) is 31.0 Å². The predicted molar refractivity (Wildman–Crippen MR) is 65.3 cm³/mol. The van der Waals surface area contributed by atoms with Gasteiger partial charge in [0.15, 0.2) is 0 Å². The molecule has 1 aromatic heterocycles. The van der Waals surface area contributed by atoms with Crippen molar-refractivity contribution >= 4 is 28.3 Å². The van der Waals surface area contributed by atoms with Crippen molar-refractivity contribution in [2.45, 2.75) is 19.8 Å². The van der Waals surface area contributed by atoms with Gasteiger partial charge in [0.2, 0.25) is 0 Å².